The van der Waals surface area contributed by atoms with E-state index in [-0.39, 0.29) is 11.7 Å². The van der Waals surface area contributed by atoms with Crippen LogP contribution in [-0.2, 0) is 0 Å². The van der Waals surface area contributed by atoms with Crippen LogP contribution in [0.15, 0.2) is 77.2 Å². The summed E-state index contributed by atoms with van der Waals surface area (Å²) in [4.78, 5) is 25.8. The smallest absolute Gasteiger partial charge is 0.255 e. The van der Waals surface area contributed by atoms with Crippen LogP contribution >= 0.6 is 11.6 Å². The van der Waals surface area contributed by atoms with Crippen molar-refractivity contribution in [1.82, 2.24) is 15.0 Å². The van der Waals surface area contributed by atoms with Gasteiger partial charge in [0.1, 0.15) is 11.6 Å². The van der Waals surface area contributed by atoms with Crippen LogP contribution in [-0.4, -0.2) is 26.0 Å². The number of phenols is 1. The number of aromatic hydroxyl groups is 1. The number of aryl methyl sites for hydroxylation is 1. The first kappa shape index (κ1) is 21.4. The first-order valence-electron chi connectivity index (χ1n) is 10.3. The molecule has 168 valence electrons. The molecule has 3 N–H and O–H groups in total. The number of carbonyl (C=O) groups excluding carboxylic acids is 1. The molecule has 3 aromatic carbocycles. The number of rotatable bonds is 5. The van der Waals surface area contributed by atoms with Crippen LogP contribution in [0.2, 0.25) is 5.02 Å². The summed E-state index contributed by atoms with van der Waals surface area (Å²) in [5.74, 6) is 1.29. The van der Waals surface area contributed by atoms with Gasteiger partial charge in [0.05, 0.1) is 0 Å². The topological polar surface area (TPSA) is 113 Å². The Bertz CT molecular complexity index is 1500. The first-order valence-corrected chi connectivity index (χ1v) is 10.7. The second-order valence-electron chi connectivity index (χ2n) is 7.51. The molecule has 0 aliphatic carbocycles. The van der Waals surface area contributed by atoms with E-state index >= 15 is 0 Å². The number of carbonyl (C=O) groups is 1. The summed E-state index contributed by atoms with van der Waals surface area (Å²) in [5.41, 5.74) is 3.39. The van der Waals surface area contributed by atoms with Gasteiger partial charge in [0.15, 0.2) is 11.3 Å². The molecule has 0 aliphatic rings. The van der Waals surface area contributed by atoms with Gasteiger partial charge in [-0.2, -0.15) is 4.98 Å². The van der Waals surface area contributed by atoms with Crippen molar-refractivity contribution in [2.75, 3.05) is 10.6 Å². The van der Waals surface area contributed by atoms with Crippen LogP contribution < -0.4 is 10.6 Å². The summed E-state index contributed by atoms with van der Waals surface area (Å²) in [6.45, 7) is 1.77. The number of hydrogen-bond donors (Lipinski definition) is 3. The standard InChI is InChI=1S/C25H18ClN5O3/c1-14-27-22(21-25(28-14)34-24(31-21)15-5-11-20(32)12-6-15)29-18-7-9-19(10-8-18)30-23(33)16-3-2-4-17(26)13-16/h2-13,32H,1H3,(H,30,33)(H,27,28,29). The largest absolute Gasteiger partial charge is 0.508 e. The maximum atomic E-state index is 12.4. The Morgan fingerprint density at radius 3 is 2.41 bits per heavy atom. The SMILES string of the molecule is Cc1nc(Nc2ccc(NC(=O)c3cccc(Cl)c3)cc2)c2nc(-c3ccc(O)cc3)oc2n1. The quantitative estimate of drug-likeness (QED) is 0.290. The van der Waals surface area contributed by atoms with Gasteiger partial charge in [-0.15, -0.1) is 0 Å². The first-order chi connectivity index (χ1) is 16.4. The number of nitrogens with one attached hydrogen (secondary N) is 2. The second kappa shape index (κ2) is 8.84. The summed E-state index contributed by atoms with van der Waals surface area (Å²) in [7, 11) is 0. The van der Waals surface area contributed by atoms with Gasteiger partial charge in [0, 0.05) is 27.5 Å². The summed E-state index contributed by atoms with van der Waals surface area (Å²) in [5, 5.41) is 16.1. The van der Waals surface area contributed by atoms with E-state index in [4.69, 9.17) is 16.0 Å². The van der Waals surface area contributed by atoms with Gasteiger partial charge in [0.25, 0.3) is 11.6 Å². The third-order valence-corrected chi connectivity index (χ3v) is 5.21. The maximum absolute atomic E-state index is 12.4. The third kappa shape index (κ3) is 4.53. The van der Waals surface area contributed by atoms with Crippen LogP contribution in [0.25, 0.3) is 22.7 Å². The van der Waals surface area contributed by atoms with Crippen molar-refractivity contribution < 1.29 is 14.3 Å². The van der Waals surface area contributed by atoms with E-state index in [1.165, 1.54) is 0 Å². The van der Waals surface area contributed by atoms with E-state index in [0.29, 0.717) is 50.6 Å². The van der Waals surface area contributed by atoms with Crippen molar-refractivity contribution >= 4 is 45.9 Å². The van der Waals surface area contributed by atoms with E-state index in [1.807, 2.05) is 12.1 Å². The zero-order valence-corrected chi connectivity index (χ0v) is 18.7. The van der Waals surface area contributed by atoms with Crippen LogP contribution in [0.1, 0.15) is 16.2 Å². The Hall–Kier alpha value is -4.43. The molecule has 1 amide bonds. The lowest BCUT2D eigenvalue weighted by Crippen LogP contribution is -2.11. The fourth-order valence-corrected chi connectivity index (χ4v) is 3.54. The van der Waals surface area contributed by atoms with E-state index < -0.39 is 0 Å². The molecule has 0 unspecified atom stereocenters. The van der Waals surface area contributed by atoms with E-state index in [0.717, 1.165) is 5.69 Å². The number of oxazole rings is 1. The summed E-state index contributed by atoms with van der Waals surface area (Å²) in [6.07, 6.45) is 0. The molecular formula is C25H18ClN5O3. The fraction of sp³-hybridized carbons (Fsp3) is 0.0400. The highest BCUT2D eigenvalue weighted by molar-refractivity contribution is 6.31. The van der Waals surface area contributed by atoms with Crippen molar-refractivity contribution in [3.63, 3.8) is 0 Å². The molecule has 0 atom stereocenters. The Morgan fingerprint density at radius 2 is 1.68 bits per heavy atom. The Balaban J connectivity index is 1.37. The molecular weight excluding hydrogens is 454 g/mol. The molecule has 0 bridgehead atoms. The third-order valence-electron chi connectivity index (χ3n) is 4.98. The monoisotopic (exact) mass is 471 g/mol. The molecule has 0 aliphatic heterocycles. The van der Waals surface area contributed by atoms with Gasteiger partial charge in [0.2, 0.25) is 5.89 Å². The van der Waals surface area contributed by atoms with Gasteiger partial charge >= 0.3 is 0 Å². The zero-order valence-electron chi connectivity index (χ0n) is 17.9. The Labute approximate surface area is 199 Å². The van der Waals surface area contributed by atoms with Crippen LogP contribution in [0, 0.1) is 6.92 Å². The summed E-state index contributed by atoms with van der Waals surface area (Å²) >= 11 is 5.96. The average Bonchev–Trinajstić information content (AvgIpc) is 3.25. The highest BCUT2D eigenvalue weighted by Crippen LogP contribution is 2.29. The van der Waals surface area contributed by atoms with Gasteiger partial charge in [-0.3, -0.25) is 4.79 Å². The molecule has 0 fully saturated rings. The number of anilines is 3. The number of phenolic OH excluding ortho intramolecular Hbond substituents is 1. The highest BCUT2D eigenvalue weighted by atomic mass is 35.5. The van der Waals surface area contributed by atoms with E-state index in [1.54, 1.807) is 67.6 Å². The number of amides is 1. The highest BCUT2D eigenvalue weighted by Gasteiger charge is 2.16. The molecule has 0 saturated carbocycles. The number of nitrogens with zero attached hydrogens (tertiary/aromatic N) is 3. The molecule has 9 heteroatoms. The Kier molecular flexibility index (Phi) is 5.57. The number of aromatic nitrogens is 3. The number of halogens is 1. The van der Waals surface area contributed by atoms with Crippen LogP contribution in [0.3, 0.4) is 0 Å². The molecule has 8 nitrogen and oxygen atoms in total. The van der Waals surface area contributed by atoms with Crippen molar-refractivity contribution in [3.05, 3.63) is 89.2 Å². The summed E-state index contributed by atoms with van der Waals surface area (Å²) in [6, 6.07) is 20.5. The van der Waals surface area contributed by atoms with Gasteiger partial charge in [-0.25, -0.2) is 9.97 Å². The molecule has 0 radical (unpaired) electrons. The molecule has 0 spiro atoms. The zero-order chi connectivity index (χ0) is 23.7. The van der Waals surface area contributed by atoms with Gasteiger partial charge in [-0.05, 0) is 73.7 Å². The number of fused-ring (bicyclic) bond motifs is 1. The Morgan fingerprint density at radius 1 is 0.941 bits per heavy atom. The van der Waals surface area contributed by atoms with Crippen LogP contribution in [0.4, 0.5) is 17.2 Å². The lowest BCUT2D eigenvalue weighted by atomic mass is 10.2. The normalized spacial score (nSPS) is 10.9. The maximum Gasteiger partial charge on any atom is 0.255 e. The van der Waals surface area contributed by atoms with Crippen molar-refractivity contribution in [2.24, 2.45) is 0 Å². The second-order valence-corrected chi connectivity index (χ2v) is 7.94. The van der Waals surface area contributed by atoms with Crippen molar-refractivity contribution in [3.8, 4) is 17.2 Å². The molecule has 34 heavy (non-hydrogen) atoms. The minimum atomic E-state index is -0.249. The lowest BCUT2D eigenvalue weighted by Gasteiger charge is -2.09. The predicted molar refractivity (Wildman–Crippen MR) is 131 cm³/mol. The van der Waals surface area contributed by atoms with Crippen molar-refractivity contribution in [2.45, 2.75) is 6.92 Å². The molecule has 2 aromatic heterocycles. The minimum absolute atomic E-state index is 0.157. The van der Waals surface area contributed by atoms with Gasteiger partial charge < -0.3 is 20.2 Å². The molecule has 0 saturated heterocycles. The van der Waals surface area contributed by atoms with Crippen LogP contribution in [0.5, 0.6) is 5.75 Å². The number of benzene rings is 3. The fourth-order valence-electron chi connectivity index (χ4n) is 3.35. The van der Waals surface area contributed by atoms with E-state index in [2.05, 4.69) is 25.6 Å². The van der Waals surface area contributed by atoms with Gasteiger partial charge in [-0.1, -0.05) is 17.7 Å². The van der Waals surface area contributed by atoms with Crippen molar-refractivity contribution in [1.29, 1.82) is 0 Å². The molecule has 5 aromatic rings. The minimum Gasteiger partial charge on any atom is -0.508 e. The number of hydrogen-bond acceptors (Lipinski definition) is 7. The molecule has 5 rings (SSSR count). The van der Waals surface area contributed by atoms with E-state index in [9.17, 15) is 9.90 Å². The predicted octanol–water partition coefficient (Wildman–Crippen LogP) is 5.95. The molecule has 2 heterocycles. The lowest BCUT2D eigenvalue weighted by molar-refractivity contribution is 0.102. The summed E-state index contributed by atoms with van der Waals surface area (Å²) < 4.78 is 5.83. The average molecular weight is 472 g/mol.